The zero-order valence-electron chi connectivity index (χ0n) is 24.2. The SMILES string of the molecule is C#CC#CC#CC#CC#CC#CC#CC#CC#CC.C#CCNc1ccc2nc(C)c(-c3ccc(C)cc3)nc2c1.[HH].[HH].[HH].[HH].[HH].[HH].[N-]=[N+]=N. The summed E-state index contributed by atoms with van der Waals surface area (Å²) in [4.78, 5) is 11.2. The molecule has 1 aromatic heterocycles. The summed E-state index contributed by atoms with van der Waals surface area (Å²) in [6.07, 6.45) is 10.2. The van der Waals surface area contributed by atoms with Crippen LogP contribution in [-0.2, 0) is 0 Å². The molecular weight excluding hydrogens is 540 g/mol. The average Bonchev–Trinajstić information content (AvgIpc) is 3.03. The van der Waals surface area contributed by atoms with Crippen LogP contribution in [-0.4, -0.2) is 16.5 Å². The Bertz CT molecular complexity index is 2150. The molecule has 3 rings (SSSR count). The molecule has 0 saturated heterocycles. The molecule has 2 aromatic carbocycles. The Morgan fingerprint density at radius 2 is 1.25 bits per heavy atom. The highest BCUT2D eigenvalue weighted by molar-refractivity contribution is 5.81. The number of nitrogens with one attached hydrogen (secondary N) is 2. The molecule has 216 valence electrons. The van der Waals surface area contributed by atoms with Crippen molar-refractivity contribution in [2.45, 2.75) is 20.8 Å². The molecule has 2 N–H and O–H groups in total. The largest absolute Gasteiger partial charge is 0.374 e. The molecule has 0 aliphatic heterocycles. The summed E-state index contributed by atoms with van der Waals surface area (Å²) in [6, 6.07) is 14.3. The second kappa shape index (κ2) is 22.3. The molecule has 0 atom stereocenters. The van der Waals surface area contributed by atoms with Gasteiger partial charge in [0.15, 0.2) is 0 Å². The van der Waals surface area contributed by atoms with Crippen molar-refractivity contribution in [3.63, 3.8) is 0 Å². The average molecular weight is 575 g/mol. The molecule has 0 spiro atoms. The van der Waals surface area contributed by atoms with Crippen LogP contribution < -0.4 is 5.32 Å². The number of terminal acetylenes is 2. The number of benzene rings is 2. The lowest BCUT2D eigenvalue weighted by Crippen LogP contribution is -1.99. The van der Waals surface area contributed by atoms with Crippen LogP contribution in [0.1, 0.15) is 26.7 Å². The number of aryl methyl sites for hydroxylation is 2. The van der Waals surface area contributed by atoms with Crippen molar-refractivity contribution in [2.24, 2.45) is 0 Å². The highest BCUT2D eigenvalue weighted by atomic mass is 15.0. The van der Waals surface area contributed by atoms with Crippen molar-refractivity contribution in [1.29, 1.82) is 5.53 Å². The van der Waals surface area contributed by atoms with E-state index in [1.807, 2.05) is 25.1 Å². The van der Waals surface area contributed by atoms with E-state index in [2.05, 4.69) is 148 Å². The Morgan fingerprint density at radius 1 is 0.750 bits per heavy atom. The third-order valence-corrected chi connectivity index (χ3v) is 4.63. The van der Waals surface area contributed by atoms with Gasteiger partial charge in [-0.25, -0.2) is 9.97 Å². The number of hydrogen-bond acceptors (Lipinski definition) is 4. The van der Waals surface area contributed by atoms with E-state index < -0.39 is 0 Å². The molecule has 0 fully saturated rings. The van der Waals surface area contributed by atoms with Gasteiger partial charge in [0.25, 0.3) is 0 Å². The van der Waals surface area contributed by atoms with Crippen molar-refractivity contribution < 1.29 is 8.56 Å². The number of rotatable bonds is 3. The first-order chi connectivity index (χ1) is 21.5. The van der Waals surface area contributed by atoms with Crippen LogP contribution in [0.3, 0.4) is 0 Å². The maximum absolute atomic E-state index is 6.86. The molecule has 0 unspecified atom stereocenters. The van der Waals surface area contributed by atoms with Gasteiger partial charge < -0.3 is 5.32 Å². The van der Waals surface area contributed by atoms with Crippen LogP contribution in [0, 0.1) is 139 Å². The summed E-state index contributed by atoms with van der Waals surface area (Å²) in [5, 5.41) is 3.16. The summed E-state index contributed by atoms with van der Waals surface area (Å²) in [5.41, 5.74) is 19.1. The Balaban J connectivity index is -0.000000163. The Kier molecular flexibility index (Phi) is 17.5. The molecule has 0 radical (unpaired) electrons. The molecule has 0 aliphatic carbocycles. The first-order valence-corrected chi connectivity index (χ1v) is 12.4. The summed E-state index contributed by atoms with van der Waals surface area (Å²) in [7, 11) is 0. The quantitative estimate of drug-likeness (QED) is 0.153. The van der Waals surface area contributed by atoms with Gasteiger partial charge in [-0.05, 0) is 144 Å². The maximum atomic E-state index is 6.86. The Morgan fingerprint density at radius 3 is 1.73 bits per heavy atom. The summed E-state index contributed by atoms with van der Waals surface area (Å²) < 4.78 is 0. The highest BCUT2D eigenvalue weighted by Crippen LogP contribution is 2.24. The molecular formula is C38H34N6. The second-order valence-corrected chi connectivity index (χ2v) is 7.65. The van der Waals surface area contributed by atoms with Crippen LogP contribution >= 0.6 is 0 Å². The third-order valence-electron chi connectivity index (χ3n) is 4.63. The van der Waals surface area contributed by atoms with Crippen LogP contribution in [0.15, 0.2) is 42.5 Å². The molecule has 0 aliphatic rings. The summed E-state index contributed by atoms with van der Waals surface area (Å²) in [5.74, 6) is 44.5. The molecule has 44 heavy (non-hydrogen) atoms. The minimum absolute atomic E-state index is 0. The van der Waals surface area contributed by atoms with E-state index in [0.717, 1.165) is 33.7 Å². The highest BCUT2D eigenvalue weighted by Gasteiger charge is 2.08. The minimum Gasteiger partial charge on any atom is -0.374 e. The number of anilines is 1. The van der Waals surface area contributed by atoms with Gasteiger partial charge in [0.1, 0.15) is 0 Å². The number of fused-ring (bicyclic) bond motifs is 1. The number of nitrogens with zero attached hydrogens (tertiary/aromatic N) is 4. The van der Waals surface area contributed by atoms with E-state index >= 15 is 0 Å². The van der Waals surface area contributed by atoms with Gasteiger partial charge in [-0.1, -0.05) is 41.7 Å². The van der Waals surface area contributed by atoms with Gasteiger partial charge >= 0.3 is 0 Å². The standard InChI is InChI=1S/C19H17N3.C19H4.HN3.6H2/c1-4-11-20-16-9-10-17-18(12-16)22-19(14(3)21-17)15-7-5-13(2)6-8-15;1-3-5-7-9-11-13-15-17-19-18-16-14-12-10-8-6-4-2;1-3-2;;;;;;/h1,5-10,12,20H,11H2,2-3H3;1H,2H3;1H;6*1H. The molecule has 6 heteroatoms. The number of hydrogen-bond donors (Lipinski definition) is 2. The predicted molar refractivity (Wildman–Crippen MR) is 191 cm³/mol. The van der Waals surface area contributed by atoms with Crippen LogP contribution in [0.5, 0.6) is 0 Å². The molecule has 0 bridgehead atoms. The minimum atomic E-state index is 0. The van der Waals surface area contributed by atoms with E-state index in [4.69, 9.17) is 28.9 Å². The molecule has 3 aromatic rings. The smallest absolute Gasteiger partial charge is 0.0922 e. The fourth-order valence-electron chi connectivity index (χ4n) is 2.90. The van der Waals surface area contributed by atoms with Crippen molar-refractivity contribution in [3.05, 3.63) is 64.2 Å². The van der Waals surface area contributed by atoms with Crippen LogP contribution in [0.2, 0.25) is 0 Å². The third kappa shape index (κ3) is 14.6. The fraction of sp³-hybridized carbons (Fsp3) is 0.105. The van der Waals surface area contributed by atoms with Gasteiger partial charge in [-0.2, -0.15) is 0 Å². The summed E-state index contributed by atoms with van der Waals surface area (Å²) >= 11 is 0. The molecule has 0 saturated carbocycles. The van der Waals surface area contributed by atoms with Crippen molar-refractivity contribution in [1.82, 2.24) is 9.97 Å². The zero-order valence-corrected chi connectivity index (χ0v) is 24.2. The van der Waals surface area contributed by atoms with Crippen LogP contribution in [0.25, 0.3) is 32.7 Å². The maximum Gasteiger partial charge on any atom is 0.0922 e. The molecule has 6 nitrogen and oxygen atoms in total. The van der Waals surface area contributed by atoms with Crippen molar-refractivity contribution >= 4 is 16.7 Å². The van der Waals surface area contributed by atoms with Gasteiger partial charge in [-0.3, -0.25) is 0 Å². The Hall–Kier alpha value is -7.51. The van der Waals surface area contributed by atoms with E-state index in [1.54, 1.807) is 11.8 Å². The lowest BCUT2D eigenvalue weighted by Gasteiger charge is -2.09. The normalized spacial score (nSPS) is 7.02. The topological polar surface area (TPSA) is 98.1 Å². The van der Waals surface area contributed by atoms with Gasteiger partial charge in [0, 0.05) is 19.8 Å². The van der Waals surface area contributed by atoms with Gasteiger partial charge in [-0.15, -0.1) is 18.4 Å². The van der Waals surface area contributed by atoms with Crippen molar-refractivity contribution in [3.8, 4) is 131 Å². The molecule has 1 heterocycles. The zero-order chi connectivity index (χ0) is 32.3. The lowest BCUT2D eigenvalue weighted by molar-refractivity contribution is 1.19. The predicted octanol–water partition coefficient (Wildman–Crippen LogP) is 6.98. The summed E-state index contributed by atoms with van der Waals surface area (Å²) in [6.45, 7) is 6.26. The van der Waals surface area contributed by atoms with E-state index in [0.29, 0.717) is 6.54 Å². The van der Waals surface area contributed by atoms with Crippen LogP contribution in [0.4, 0.5) is 5.69 Å². The second-order valence-electron chi connectivity index (χ2n) is 7.65. The van der Waals surface area contributed by atoms with Gasteiger partial charge in [0.05, 0.1) is 29.0 Å². The van der Waals surface area contributed by atoms with E-state index in [-0.39, 0.29) is 8.56 Å². The van der Waals surface area contributed by atoms with E-state index in [1.165, 1.54) is 5.56 Å². The molecule has 0 amide bonds. The first-order valence-electron chi connectivity index (χ1n) is 12.4. The lowest BCUT2D eigenvalue weighted by atomic mass is 10.1. The van der Waals surface area contributed by atoms with Crippen molar-refractivity contribution in [2.75, 3.05) is 11.9 Å². The fourth-order valence-corrected chi connectivity index (χ4v) is 2.90. The monoisotopic (exact) mass is 574 g/mol. The van der Waals surface area contributed by atoms with E-state index in [9.17, 15) is 0 Å². The Labute approximate surface area is 268 Å². The first kappa shape index (κ1) is 34.5. The van der Waals surface area contributed by atoms with Gasteiger partial charge in [0.2, 0.25) is 0 Å². The number of aromatic nitrogens is 2.